The fourth-order valence-electron chi connectivity index (χ4n) is 6.22. The highest BCUT2D eigenvalue weighted by atomic mass is 15.0. The molecule has 3 aromatic heterocycles. The summed E-state index contributed by atoms with van der Waals surface area (Å²) in [4.78, 5) is 14.3. The van der Waals surface area contributed by atoms with E-state index in [1.807, 2.05) is 60.7 Å². The van der Waals surface area contributed by atoms with E-state index in [1.54, 1.807) is 24.3 Å². The van der Waals surface area contributed by atoms with Crippen molar-refractivity contribution in [3.63, 3.8) is 0 Å². The van der Waals surface area contributed by atoms with E-state index in [1.165, 1.54) is 4.57 Å². The second kappa shape index (κ2) is 11.4. The summed E-state index contributed by atoms with van der Waals surface area (Å²) < 4.78 is 137. The molecule has 0 saturated carbocycles. The van der Waals surface area contributed by atoms with Gasteiger partial charge in [0.1, 0.15) is 0 Å². The topological polar surface area (TPSA) is 48.5 Å². The Morgan fingerprint density at radius 3 is 1.26 bits per heavy atom. The van der Waals surface area contributed by atoms with Crippen LogP contribution in [-0.2, 0) is 0 Å². The SMILES string of the molecule is [2H]c1c([2H])c([2H])c2c(c1[2H])c1c([2H])c(-n3c4c([2H])c([2H])c([2H])c([2H])c4c4c([2H])c([2H])c([2H])c([2H])c43)c([2H])c([2H])c1n2-c1ccc(-c2nc(-c3ccccc3)nc(-c3ccccc3)n2)cc1. The Morgan fingerprint density at radius 1 is 0.360 bits per heavy atom. The van der Waals surface area contributed by atoms with E-state index < -0.39 is 96.3 Å². The summed E-state index contributed by atoms with van der Waals surface area (Å²) in [5, 5.41) is -0.978. The van der Waals surface area contributed by atoms with Gasteiger partial charge in [0.25, 0.3) is 0 Å². The van der Waals surface area contributed by atoms with Crippen LogP contribution < -0.4 is 0 Å². The number of aromatic nitrogens is 5. The normalized spacial score (nSPS) is 15.8. The lowest BCUT2D eigenvalue weighted by Gasteiger charge is -2.11. The molecule has 0 atom stereocenters. The van der Waals surface area contributed by atoms with Crippen molar-refractivity contribution in [2.75, 3.05) is 0 Å². The van der Waals surface area contributed by atoms with Crippen LogP contribution in [0.1, 0.15) is 20.6 Å². The maximum absolute atomic E-state index is 9.83. The molecular formula is C45H29N5. The number of rotatable bonds is 5. The lowest BCUT2D eigenvalue weighted by molar-refractivity contribution is 1.07. The fourth-order valence-corrected chi connectivity index (χ4v) is 6.22. The van der Waals surface area contributed by atoms with Crippen molar-refractivity contribution >= 4 is 43.6 Å². The molecule has 3 heterocycles. The first-order valence-corrected chi connectivity index (χ1v) is 15.6. The number of hydrogen-bond acceptors (Lipinski definition) is 3. The molecular weight excluding hydrogens is 611 g/mol. The summed E-state index contributed by atoms with van der Waals surface area (Å²) in [7, 11) is 0. The average Bonchev–Trinajstić information content (AvgIpc) is 3.88. The van der Waals surface area contributed by atoms with Gasteiger partial charge in [-0.2, -0.15) is 0 Å². The van der Waals surface area contributed by atoms with E-state index in [0.29, 0.717) is 23.0 Å². The van der Waals surface area contributed by atoms with Crippen molar-refractivity contribution in [2.24, 2.45) is 0 Å². The molecule has 5 nitrogen and oxygen atoms in total. The summed E-state index contributed by atoms with van der Waals surface area (Å²) >= 11 is 0. The predicted octanol–water partition coefficient (Wildman–Crippen LogP) is 11.1. The zero-order valence-corrected chi connectivity index (χ0v) is 25.8. The van der Waals surface area contributed by atoms with E-state index in [4.69, 9.17) is 31.4 Å². The molecule has 7 aromatic carbocycles. The van der Waals surface area contributed by atoms with Gasteiger partial charge in [-0.25, -0.2) is 15.0 Å². The maximum Gasteiger partial charge on any atom is 0.164 e. The summed E-state index contributed by atoms with van der Waals surface area (Å²) in [5.41, 5.74) is 0.813. The van der Waals surface area contributed by atoms with Gasteiger partial charge in [0, 0.05) is 49.6 Å². The van der Waals surface area contributed by atoms with Crippen LogP contribution in [0.2, 0.25) is 0 Å². The van der Waals surface area contributed by atoms with Crippen molar-refractivity contribution in [3.8, 4) is 45.5 Å². The molecule has 0 saturated heterocycles. The van der Waals surface area contributed by atoms with Gasteiger partial charge in [0.2, 0.25) is 0 Å². The smallest absolute Gasteiger partial charge is 0.164 e. The highest BCUT2D eigenvalue weighted by Crippen LogP contribution is 2.37. The third-order valence-corrected chi connectivity index (χ3v) is 8.48. The Kier molecular flexibility index (Phi) is 3.87. The van der Waals surface area contributed by atoms with Crippen molar-refractivity contribution in [2.45, 2.75) is 0 Å². The first kappa shape index (κ1) is 17.0. The standard InChI is InChI=1S/C45H29N5/c1-3-13-30(14-4-1)43-46-44(31-15-5-2-6-16-31)48-45(47-43)32-23-25-33(26-24-32)49-41-22-12-9-19-37(41)38-29-34(27-28-42(38)49)50-39-20-10-7-17-35(39)36-18-8-11-21-40(36)50/h1-29H/i7D,8D,9D,10D,11D,12D,17D,18D,19D,20D,21D,22D,27D,28D,29D. The van der Waals surface area contributed by atoms with Crippen LogP contribution in [0.4, 0.5) is 0 Å². The highest BCUT2D eigenvalue weighted by molar-refractivity contribution is 6.12. The van der Waals surface area contributed by atoms with Gasteiger partial charge in [-0.15, -0.1) is 0 Å². The first-order chi connectivity index (χ1) is 31.0. The van der Waals surface area contributed by atoms with Crippen LogP contribution in [0.5, 0.6) is 0 Å². The van der Waals surface area contributed by atoms with Gasteiger partial charge in [0.05, 0.1) is 42.6 Å². The summed E-state index contributed by atoms with van der Waals surface area (Å²) in [5.74, 6) is 1.17. The van der Waals surface area contributed by atoms with Crippen LogP contribution in [0.3, 0.4) is 0 Å². The molecule has 0 unspecified atom stereocenters. The van der Waals surface area contributed by atoms with Crippen LogP contribution in [0.25, 0.3) is 89.2 Å². The molecule has 234 valence electrons. The van der Waals surface area contributed by atoms with Gasteiger partial charge in [-0.1, -0.05) is 115 Å². The van der Waals surface area contributed by atoms with E-state index in [-0.39, 0.29) is 49.3 Å². The van der Waals surface area contributed by atoms with Gasteiger partial charge >= 0.3 is 0 Å². The third kappa shape index (κ3) is 4.52. The number of nitrogens with zero attached hydrogens (tertiary/aromatic N) is 5. The fraction of sp³-hybridized carbons (Fsp3) is 0. The molecule has 0 aliphatic heterocycles. The lowest BCUT2D eigenvalue weighted by atomic mass is 10.1. The Hall–Kier alpha value is -6.85. The zero-order chi connectivity index (χ0) is 46.1. The molecule has 10 aromatic rings. The molecule has 0 aliphatic carbocycles. The van der Waals surface area contributed by atoms with Crippen molar-refractivity contribution in [1.82, 2.24) is 24.1 Å². The number of hydrogen-bond donors (Lipinski definition) is 0. The van der Waals surface area contributed by atoms with E-state index >= 15 is 0 Å². The van der Waals surface area contributed by atoms with Gasteiger partial charge < -0.3 is 9.13 Å². The first-order valence-electron chi connectivity index (χ1n) is 23.1. The third-order valence-electron chi connectivity index (χ3n) is 8.48. The maximum atomic E-state index is 9.83. The Bertz CT molecular complexity index is 3570. The Balaban J connectivity index is 1.28. The van der Waals surface area contributed by atoms with E-state index in [2.05, 4.69) is 0 Å². The summed E-state index contributed by atoms with van der Waals surface area (Å²) in [6, 6.07) is 15.8. The van der Waals surface area contributed by atoms with E-state index in [0.717, 1.165) is 15.7 Å². The molecule has 5 heteroatoms. The van der Waals surface area contributed by atoms with Gasteiger partial charge in [0.15, 0.2) is 17.5 Å². The Morgan fingerprint density at radius 2 is 0.760 bits per heavy atom. The monoisotopic (exact) mass is 654 g/mol. The number of benzene rings is 7. The number of fused-ring (bicyclic) bond motifs is 6. The number of para-hydroxylation sites is 3. The molecule has 0 spiro atoms. The minimum Gasteiger partial charge on any atom is -0.309 e. The van der Waals surface area contributed by atoms with Crippen LogP contribution in [-0.4, -0.2) is 24.1 Å². The lowest BCUT2D eigenvalue weighted by Crippen LogP contribution is -2.00. The van der Waals surface area contributed by atoms with Gasteiger partial charge in [-0.3, -0.25) is 0 Å². The van der Waals surface area contributed by atoms with Crippen LogP contribution >= 0.6 is 0 Å². The van der Waals surface area contributed by atoms with Crippen molar-refractivity contribution < 1.29 is 20.6 Å². The van der Waals surface area contributed by atoms with Crippen LogP contribution in [0, 0.1) is 0 Å². The second-order valence-electron chi connectivity index (χ2n) is 11.4. The quantitative estimate of drug-likeness (QED) is 0.186. The summed E-state index contributed by atoms with van der Waals surface area (Å²) in [6.07, 6.45) is 0. The molecule has 50 heavy (non-hydrogen) atoms. The average molecular weight is 655 g/mol. The molecule has 0 radical (unpaired) electrons. The molecule has 0 N–H and O–H groups in total. The minimum absolute atomic E-state index is 0.124. The van der Waals surface area contributed by atoms with Crippen LogP contribution in [0.15, 0.2) is 176 Å². The van der Waals surface area contributed by atoms with Crippen molar-refractivity contribution in [1.29, 1.82) is 0 Å². The predicted molar refractivity (Wildman–Crippen MR) is 205 cm³/mol. The largest absolute Gasteiger partial charge is 0.309 e. The second-order valence-corrected chi connectivity index (χ2v) is 11.4. The van der Waals surface area contributed by atoms with Crippen molar-refractivity contribution in [3.05, 3.63) is 176 Å². The molecule has 0 amide bonds. The van der Waals surface area contributed by atoms with Gasteiger partial charge in [-0.05, 0) is 60.5 Å². The molecule has 0 fully saturated rings. The molecule has 0 aliphatic rings. The summed E-state index contributed by atoms with van der Waals surface area (Å²) in [6.45, 7) is 0. The van der Waals surface area contributed by atoms with E-state index in [9.17, 15) is 4.11 Å². The Labute approximate surface area is 309 Å². The molecule has 0 bridgehead atoms. The minimum atomic E-state index is -0.717. The molecule has 10 rings (SSSR count). The highest BCUT2D eigenvalue weighted by Gasteiger charge is 2.17. The zero-order valence-electron chi connectivity index (χ0n) is 40.8.